The molecule has 5 nitrogen and oxygen atoms in total. The van der Waals surface area contributed by atoms with Crippen molar-refractivity contribution in [3.05, 3.63) is 52.2 Å². The molecule has 0 saturated heterocycles. The van der Waals surface area contributed by atoms with Gasteiger partial charge in [0.2, 0.25) is 0 Å². The number of likely N-dealkylation sites (N-methyl/N-ethyl adjacent to an activating group) is 2. The second kappa shape index (κ2) is 9.34. The number of hydrogen-bond acceptors (Lipinski definition) is 3. The topological polar surface area (TPSA) is 53.9 Å². The Balaban J connectivity index is 1.81. The third-order valence-electron chi connectivity index (χ3n) is 3.91. The SMILES string of the molecule is CCN(Cc1cccs1)C(=O)C[NH+](C)CC(=O)Nc1ccc(C)cc1. The molecule has 2 amide bonds. The number of amides is 2. The van der Waals surface area contributed by atoms with E-state index < -0.39 is 0 Å². The normalized spacial score (nSPS) is 11.8. The van der Waals surface area contributed by atoms with Crippen LogP contribution in [-0.2, 0) is 16.1 Å². The summed E-state index contributed by atoms with van der Waals surface area (Å²) in [6.07, 6.45) is 0. The lowest BCUT2D eigenvalue weighted by Crippen LogP contribution is -3.11. The van der Waals surface area contributed by atoms with Crippen molar-refractivity contribution in [2.45, 2.75) is 20.4 Å². The van der Waals surface area contributed by atoms with Crippen LogP contribution in [0.2, 0.25) is 0 Å². The van der Waals surface area contributed by atoms with Gasteiger partial charge in [0.25, 0.3) is 11.8 Å². The molecule has 0 spiro atoms. The molecular formula is C19H26N3O2S+. The highest BCUT2D eigenvalue weighted by Crippen LogP contribution is 2.11. The molecule has 0 saturated carbocycles. The lowest BCUT2D eigenvalue weighted by atomic mass is 10.2. The number of nitrogens with one attached hydrogen (secondary N) is 2. The van der Waals surface area contributed by atoms with Crippen LogP contribution >= 0.6 is 11.3 Å². The quantitative estimate of drug-likeness (QED) is 0.751. The molecule has 2 N–H and O–H groups in total. The van der Waals surface area contributed by atoms with Gasteiger partial charge in [-0.2, -0.15) is 0 Å². The summed E-state index contributed by atoms with van der Waals surface area (Å²) in [5, 5.41) is 4.88. The van der Waals surface area contributed by atoms with Gasteiger partial charge in [-0.05, 0) is 37.4 Å². The third-order valence-corrected chi connectivity index (χ3v) is 4.77. The van der Waals surface area contributed by atoms with Gasteiger partial charge in [0.1, 0.15) is 0 Å². The summed E-state index contributed by atoms with van der Waals surface area (Å²) in [5.74, 6) is -0.0213. The highest BCUT2D eigenvalue weighted by Gasteiger charge is 2.19. The molecule has 0 aliphatic heterocycles. The van der Waals surface area contributed by atoms with Crippen molar-refractivity contribution in [3.8, 4) is 0 Å². The molecule has 1 aromatic heterocycles. The summed E-state index contributed by atoms with van der Waals surface area (Å²) < 4.78 is 0. The Hall–Kier alpha value is -2.18. The fourth-order valence-corrected chi connectivity index (χ4v) is 3.24. The highest BCUT2D eigenvalue weighted by molar-refractivity contribution is 7.09. The Morgan fingerprint density at radius 1 is 1.16 bits per heavy atom. The molecule has 1 aromatic carbocycles. The minimum Gasteiger partial charge on any atom is -0.333 e. The summed E-state index contributed by atoms with van der Waals surface area (Å²) >= 11 is 1.65. The molecule has 2 rings (SSSR count). The molecule has 1 heterocycles. The summed E-state index contributed by atoms with van der Waals surface area (Å²) in [6.45, 7) is 5.85. The second-order valence-electron chi connectivity index (χ2n) is 6.21. The first-order chi connectivity index (χ1) is 12.0. The zero-order valence-corrected chi connectivity index (χ0v) is 15.9. The van der Waals surface area contributed by atoms with Crippen LogP contribution in [0.15, 0.2) is 41.8 Å². The molecule has 2 aromatic rings. The first kappa shape index (κ1) is 19.1. The van der Waals surface area contributed by atoms with Gasteiger partial charge in [0.15, 0.2) is 13.1 Å². The average molecular weight is 361 g/mol. The number of anilines is 1. The number of hydrogen-bond donors (Lipinski definition) is 2. The van der Waals surface area contributed by atoms with Crippen molar-refractivity contribution in [2.75, 3.05) is 32.0 Å². The highest BCUT2D eigenvalue weighted by atomic mass is 32.1. The minimum absolute atomic E-state index is 0.0662. The van der Waals surface area contributed by atoms with Crippen LogP contribution in [-0.4, -0.2) is 43.4 Å². The number of benzene rings is 1. The Morgan fingerprint density at radius 3 is 2.48 bits per heavy atom. The maximum absolute atomic E-state index is 12.5. The van der Waals surface area contributed by atoms with E-state index in [9.17, 15) is 9.59 Å². The third kappa shape index (κ3) is 6.32. The van der Waals surface area contributed by atoms with Gasteiger partial charge in [-0.3, -0.25) is 9.59 Å². The lowest BCUT2D eigenvalue weighted by Gasteiger charge is -2.22. The molecule has 0 aliphatic carbocycles. The van der Waals surface area contributed by atoms with Crippen LogP contribution < -0.4 is 10.2 Å². The lowest BCUT2D eigenvalue weighted by molar-refractivity contribution is -0.862. The zero-order chi connectivity index (χ0) is 18.2. The summed E-state index contributed by atoms with van der Waals surface area (Å²) in [4.78, 5) is 28.5. The predicted molar refractivity (Wildman–Crippen MR) is 102 cm³/mol. The molecule has 1 atom stereocenters. The Bertz CT molecular complexity index is 683. The maximum Gasteiger partial charge on any atom is 0.279 e. The first-order valence-corrected chi connectivity index (χ1v) is 9.34. The van der Waals surface area contributed by atoms with Gasteiger partial charge < -0.3 is 15.1 Å². The van der Waals surface area contributed by atoms with E-state index in [2.05, 4.69) is 5.32 Å². The van der Waals surface area contributed by atoms with Gasteiger partial charge in [-0.25, -0.2) is 0 Å². The first-order valence-electron chi connectivity index (χ1n) is 8.46. The number of carbonyl (C=O) groups excluding carboxylic acids is 2. The van der Waals surface area contributed by atoms with Gasteiger partial charge in [-0.15, -0.1) is 11.3 Å². The van der Waals surface area contributed by atoms with E-state index in [4.69, 9.17) is 0 Å². The van der Waals surface area contributed by atoms with Crippen molar-refractivity contribution in [1.29, 1.82) is 0 Å². The van der Waals surface area contributed by atoms with E-state index in [1.165, 1.54) is 4.88 Å². The number of aryl methyl sites for hydroxylation is 1. The standard InChI is InChI=1S/C19H25N3O2S/c1-4-22(12-17-6-5-11-25-17)19(24)14-21(3)13-18(23)20-16-9-7-15(2)8-10-16/h5-11H,4,12-14H2,1-3H3,(H,20,23)/p+1. The molecule has 0 bridgehead atoms. The molecule has 0 radical (unpaired) electrons. The summed E-state index contributed by atoms with van der Waals surface area (Å²) in [7, 11) is 1.87. The van der Waals surface area contributed by atoms with Crippen molar-refractivity contribution >= 4 is 28.8 Å². The largest absolute Gasteiger partial charge is 0.333 e. The van der Waals surface area contributed by atoms with Crippen molar-refractivity contribution in [2.24, 2.45) is 0 Å². The van der Waals surface area contributed by atoms with Crippen LogP contribution in [0.5, 0.6) is 0 Å². The molecule has 0 fully saturated rings. The molecular weight excluding hydrogens is 334 g/mol. The molecule has 134 valence electrons. The summed E-state index contributed by atoms with van der Waals surface area (Å²) in [5.41, 5.74) is 1.93. The number of nitrogens with zero attached hydrogens (tertiary/aromatic N) is 1. The Kier molecular flexibility index (Phi) is 7.16. The fourth-order valence-electron chi connectivity index (χ4n) is 2.52. The van der Waals surface area contributed by atoms with Gasteiger partial charge >= 0.3 is 0 Å². The van der Waals surface area contributed by atoms with E-state index in [1.54, 1.807) is 11.3 Å². The van der Waals surface area contributed by atoms with Crippen molar-refractivity contribution in [3.63, 3.8) is 0 Å². The van der Waals surface area contributed by atoms with Gasteiger partial charge in [0, 0.05) is 17.1 Å². The van der Waals surface area contributed by atoms with Gasteiger partial charge in [0.05, 0.1) is 13.6 Å². The molecule has 6 heteroatoms. The number of rotatable bonds is 8. The number of carbonyl (C=O) groups is 2. The monoisotopic (exact) mass is 360 g/mol. The van der Waals surface area contributed by atoms with Gasteiger partial charge in [-0.1, -0.05) is 23.8 Å². The number of thiophene rings is 1. The van der Waals surface area contributed by atoms with Crippen molar-refractivity contribution < 1.29 is 14.5 Å². The smallest absolute Gasteiger partial charge is 0.279 e. The fraction of sp³-hybridized carbons (Fsp3) is 0.368. The molecule has 1 unspecified atom stereocenters. The van der Waals surface area contributed by atoms with Crippen LogP contribution in [0.3, 0.4) is 0 Å². The van der Waals surface area contributed by atoms with E-state index in [-0.39, 0.29) is 18.4 Å². The van der Waals surface area contributed by atoms with Crippen LogP contribution in [0.25, 0.3) is 0 Å². The van der Waals surface area contributed by atoms with E-state index in [0.717, 1.165) is 16.2 Å². The zero-order valence-electron chi connectivity index (χ0n) is 15.0. The summed E-state index contributed by atoms with van der Waals surface area (Å²) in [6, 6.07) is 11.7. The van der Waals surface area contributed by atoms with Crippen LogP contribution in [0.1, 0.15) is 17.4 Å². The number of quaternary nitrogens is 1. The van der Waals surface area contributed by atoms with Crippen molar-refractivity contribution in [1.82, 2.24) is 4.90 Å². The maximum atomic E-state index is 12.5. The van der Waals surface area contributed by atoms with E-state index in [1.807, 2.05) is 67.6 Å². The average Bonchev–Trinajstić information content (AvgIpc) is 3.07. The van der Waals surface area contributed by atoms with Crippen LogP contribution in [0.4, 0.5) is 5.69 Å². The minimum atomic E-state index is -0.0875. The van der Waals surface area contributed by atoms with Crippen LogP contribution in [0, 0.1) is 6.92 Å². The molecule has 0 aliphatic rings. The Labute approximate surface area is 153 Å². The second-order valence-corrected chi connectivity index (χ2v) is 7.24. The van der Waals surface area contributed by atoms with E-state index >= 15 is 0 Å². The Morgan fingerprint density at radius 2 is 1.88 bits per heavy atom. The predicted octanol–water partition coefficient (Wildman–Crippen LogP) is 1.56. The van der Waals surface area contributed by atoms with E-state index in [0.29, 0.717) is 19.6 Å². The molecule has 25 heavy (non-hydrogen) atoms.